The second-order valence-corrected chi connectivity index (χ2v) is 5.71. The Bertz CT molecular complexity index is 653. The number of aromatic nitrogens is 1. The summed E-state index contributed by atoms with van der Waals surface area (Å²) in [7, 11) is 0. The fourth-order valence-corrected chi connectivity index (χ4v) is 2.38. The van der Waals surface area contributed by atoms with Gasteiger partial charge >= 0.3 is 0 Å². The summed E-state index contributed by atoms with van der Waals surface area (Å²) in [5.74, 6) is -0.307. The highest BCUT2D eigenvalue weighted by Crippen LogP contribution is 2.10. The van der Waals surface area contributed by atoms with Crippen LogP contribution in [-0.2, 0) is 11.3 Å². The summed E-state index contributed by atoms with van der Waals surface area (Å²) in [5, 5.41) is 0. The molecule has 3 nitrogen and oxygen atoms in total. The highest BCUT2D eigenvalue weighted by molar-refractivity contribution is 5.91. The lowest BCUT2D eigenvalue weighted by Crippen LogP contribution is -2.30. The normalized spacial score (nSPS) is 10.9. The molecule has 1 aromatic carbocycles. The SMILES string of the molecule is CCCCCN(Cc1ccc(F)cc1)C(=O)C=Cc1cccnc1. The maximum absolute atomic E-state index is 13.0. The van der Waals surface area contributed by atoms with Gasteiger partial charge in [-0.3, -0.25) is 9.78 Å². The van der Waals surface area contributed by atoms with Gasteiger partial charge in [0.1, 0.15) is 5.82 Å². The zero-order valence-corrected chi connectivity index (χ0v) is 14.0. The molecule has 1 amide bonds. The predicted octanol–water partition coefficient (Wildman–Crippen LogP) is 4.45. The Morgan fingerprint density at radius 3 is 2.67 bits per heavy atom. The van der Waals surface area contributed by atoms with Crippen LogP contribution in [0.3, 0.4) is 0 Å². The number of nitrogens with zero attached hydrogens (tertiary/aromatic N) is 2. The van der Waals surface area contributed by atoms with Gasteiger partial charge in [-0.05, 0) is 41.8 Å². The minimum atomic E-state index is -0.265. The van der Waals surface area contributed by atoms with Crippen LogP contribution in [0.2, 0.25) is 0 Å². The van der Waals surface area contributed by atoms with E-state index in [0.29, 0.717) is 13.1 Å². The van der Waals surface area contributed by atoms with Gasteiger partial charge in [-0.2, -0.15) is 0 Å². The minimum absolute atomic E-state index is 0.0423. The molecule has 0 atom stereocenters. The number of rotatable bonds is 8. The lowest BCUT2D eigenvalue weighted by atomic mass is 10.1. The lowest BCUT2D eigenvalue weighted by molar-refractivity contribution is -0.126. The number of halogens is 1. The number of hydrogen-bond donors (Lipinski definition) is 0. The molecule has 0 aliphatic heterocycles. The summed E-state index contributed by atoms with van der Waals surface area (Å²) < 4.78 is 13.0. The summed E-state index contributed by atoms with van der Waals surface area (Å²) in [6.07, 6.45) is 9.91. The zero-order valence-electron chi connectivity index (χ0n) is 14.0. The van der Waals surface area contributed by atoms with E-state index in [2.05, 4.69) is 11.9 Å². The van der Waals surface area contributed by atoms with Gasteiger partial charge in [0.05, 0.1) is 0 Å². The maximum atomic E-state index is 13.0. The van der Waals surface area contributed by atoms with E-state index in [9.17, 15) is 9.18 Å². The number of pyridine rings is 1. The van der Waals surface area contributed by atoms with E-state index in [4.69, 9.17) is 0 Å². The van der Waals surface area contributed by atoms with Crippen LogP contribution in [0.15, 0.2) is 54.9 Å². The van der Waals surface area contributed by atoms with Crippen LogP contribution in [0.4, 0.5) is 4.39 Å². The maximum Gasteiger partial charge on any atom is 0.246 e. The summed E-state index contributed by atoms with van der Waals surface area (Å²) >= 11 is 0. The molecule has 2 aromatic rings. The molecule has 0 spiro atoms. The quantitative estimate of drug-likeness (QED) is 0.530. The van der Waals surface area contributed by atoms with E-state index in [0.717, 1.165) is 30.4 Å². The van der Waals surface area contributed by atoms with Crippen molar-refractivity contribution in [1.29, 1.82) is 0 Å². The van der Waals surface area contributed by atoms with Gasteiger partial charge in [0, 0.05) is 31.6 Å². The average Bonchev–Trinajstić information content (AvgIpc) is 2.61. The van der Waals surface area contributed by atoms with E-state index in [1.807, 2.05) is 12.1 Å². The monoisotopic (exact) mass is 326 g/mol. The first-order chi connectivity index (χ1) is 11.7. The second kappa shape index (κ2) is 9.60. The molecule has 126 valence electrons. The van der Waals surface area contributed by atoms with Crippen molar-refractivity contribution in [3.63, 3.8) is 0 Å². The van der Waals surface area contributed by atoms with E-state index in [-0.39, 0.29) is 11.7 Å². The average molecular weight is 326 g/mol. The number of hydrogen-bond acceptors (Lipinski definition) is 2. The molecule has 4 heteroatoms. The predicted molar refractivity (Wildman–Crippen MR) is 94.6 cm³/mol. The van der Waals surface area contributed by atoms with Crippen LogP contribution in [0.5, 0.6) is 0 Å². The molecule has 2 rings (SSSR count). The number of unbranched alkanes of at least 4 members (excludes halogenated alkanes) is 2. The highest BCUT2D eigenvalue weighted by atomic mass is 19.1. The fraction of sp³-hybridized carbons (Fsp3) is 0.300. The standard InChI is InChI=1S/C20H23FN2O/c1-2-3-4-14-23(16-18-7-10-19(21)11-8-18)20(24)12-9-17-6-5-13-22-15-17/h5-13,15H,2-4,14,16H2,1H3. The van der Waals surface area contributed by atoms with E-state index in [1.54, 1.807) is 41.6 Å². The van der Waals surface area contributed by atoms with Crippen LogP contribution >= 0.6 is 0 Å². The molecule has 0 saturated carbocycles. The summed E-state index contributed by atoms with van der Waals surface area (Å²) in [4.78, 5) is 18.4. The number of amides is 1. The van der Waals surface area contributed by atoms with Crippen molar-refractivity contribution in [2.24, 2.45) is 0 Å². The van der Waals surface area contributed by atoms with Crippen molar-refractivity contribution in [2.45, 2.75) is 32.7 Å². The minimum Gasteiger partial charge on any atom is -0.335 e. The Hall–Kier alpha value is -2.49. The molecule has 0 fully saturated rings. The smallest absolute Gasteiger partial charge is 0.246 e. The van der Waals surface area contributed by atoms with Crippen LogP contribution in [0.1, 0.15) is 37.3 Å². The third-order valence-electron chi connectivity index (χ3n) is 3.73. The molecule has 1 aromatic heterocycles. The first kappa shape index (κ1) is 17.9. The molecule has 0 bridgehead atoms. The van der Waals surface area contributed by atoms with Gasteiger partial charge in [0.2, 0.25) is 5.91 Å². The summed E-state index contributed by atoms with van der Waals surface area (Å²) in [5.41, 5.74) is 1.82. The van der Waals surface area contributed by atoms with Crippen molar-refractivity contribution >= 4 is 12.0 Å². The van der Waals surface area contributed by atoms with Gasteiger partial charge in [-0.25, -0.2) is 4.39 Å². The van der Waals surface area contributed by atoms with Crippen molar-refractivity contribution < 1.29 is 9.18 Å². The Kier molecular flexibility index (Phi) is 7.15. The third kappa shape index (κ3) is 5.95. The number of carbonyl (C=O) groups excluding carboxylic acids is 1. The third-order valence-corrected chi connectivity index (χ3v) is 3.73. The first-order valence-electron chi connectivity index (χ1n) is 8.30. The van der Waals surface area contributed by atoms with Crippen molar-refractivity contribution in [3.05, 3.63) is 71.8 Å². The highest BCUT2D eigenvalue weighted by Gasteiger charge is 2.11. The Morgan fingerprint density at radius 1 is 1.21 bits per heavy atom. The Balaban J connectivity index is 2.04. The van der Waals surface area contributed by atoms with E-state index < -0.39 is 0 Å². The van der Waals surface area contributed by atoms with Gasteiger partial charge in [0.25, 0.3) is 0 Å². The van der Waals surface area contributed by atoms with E-state index >= 15 is 0 Å². The number of benzene rings is 1. The van der Waals surface area contributed by atoms with Crippen LogP contribution in [-0.4, -0.2) is 22.3 Å². The van der Waals surface area contributed by atoms with Gasteiger partial charge in [-0.15, -0.1) is 0 Å². The molecule has 0 saturated heterocycles. The molecule has 24 heavy (non-hydrogen) atoms. The van der Waals surface area contributed by atoms with Crippen molar-refractivity contribution in [3.8, 4) is 0 Å². The topological polar surface area (TPSA) is 33.2 Å². The lowest BCUT2D eigenvalue weighted by Gasteiger charge is -2.21. The molecule has 0 aliphatic carbocycles. The van der Waals surface area contributed by atoms with Gasteiger partial charge in [0.15, 0.2) is 0 Å². The Labute approximate surface area is 142 Å². The largest absolute Gasteiger partial charge is 0.335 e. The van der Waals surface area contributed by atoms with Crippen LogP contribution < -0.4 is 0 Å². The van der Waals surface area contributed by atoms with Crippen LogP contribution in [0.25, 0.3) is 6.08 Å². The molecule has 1 heterocycles. The first-order valence-corrected chi connectivity index (χ1v) is 8.30. The van der Waals surface area contributed by atoms with Crippen molar-refractivity contribution in [1.82, 2.24) is 9.88 Å². The molecular weight excluding hydrogens is 303 g/mol. The molecule has 0 radical (unpaired) electrons. The Morgan fingerprint density at radius 2 is 2.00 bits per heavy atom. The number of carbonyl (C=O) groups is 1. The second-order valence-electron chi connectivity index (χ2n) is 5.71. The van der Waals surface area contributed by atoms with E-state index in [1.165, 1.54) is 12.1 Å². The van der Waals surface area contributed by atoms with Crippen molar-refractivity contribution in [2.75, 3.05) is 6.54 Å². The summed E-state index contributed by atoms with van der Waals surface area (Å²) in [6, 6.07) is 10.0. The molecule has 0 aliphatic rings. The fourth-order valence-electron chi connectivity index (χ4n) is 2.38. The molecule has 0 unspecified atom stereocenters. The molecule has 0 N–H and O–H groups in total. The zero-order chi connectivity index (χ0) is 17.2. The van der Waals surface area contributed by atoms with Crippen LogP contribution in [0, 0.1) is 5.82 Å². The summed E-state index contributed by atoms with van der Waals surface area (Å²) in [6.45, 7) is 3.32. The van der Waals surface area contributed by atoms with Gasteiger partial charge in [-0.1, -0.05) is 38.0 Å². The van der Waals surface area contributed by atoms with Gasteiger partial charge < -0.3 is 4.90 Å². The molecular formula is C20H23FN2O.